The van der Waals surface area contributed by atoms with Gasteiger partial charge in [-0.1, -0.05) is 42.5 Å². The van der Waals surface area contributed by atoms with E-state index in [2.05, 4.69) is 60.7 Å². The molecule has 1 nitrogen and oxygen atoms in total. The van der Waals surface area contributed by atoms with Gasteiger partial charge >= 0.3 is 0 Å². The minimum Gasteiger partial charge on any atom is -0.256 e. The standard InChI is InChI=1S/C27H23N/c1-2-7-20-17-26-22(15-19(20)6-1)13-14-28-27(26)23-11-12-25-21(16-23)10-9-18-5-3-4-8-24(18)25/h3-5,8,11-17H,1-2,6-7,9-10H2. The van der Waals surface area contributed by atoms with E-state index in [1.165, 1.54) is 75.4 Å². The predicted molar refractivity (Wildman–Crippen MR) is 117 cm³/mol. The first-order chi connectivity index (χ1) is 13.9. The lowest BCUT2D eigenvalue weighted by Crippen LogP contribution is -2.04. The summed E-state index contributed by atoms with van der Waals surface area (Å²) in [6.07, 6.45) is 9.28. The molecular formula is C27H23N. The zero-order valence-electron chi connectivity index (χ0n) is 16.0. The minimum atomic E-state index is 1.11. The van der Waals surface area contributed by atoms with Gasteiger partial charge in [0.1, 0.15) is 0 Å². The minimum absolute atomic E-state index is 1.11. The van der Waals surface area contributed by atoms with Crippen LogP contribution in [0.1, 0.15) is 35.1 Å². The molecule has 0 N–H and O–H groups in total. The third-order valence-corrected chi connectivity index (χ3v) is 6.58. The zero-order chi connectivity index (χ0) is 18.5. The van der Waals surface area contributed by atoms with Crippen LogP contribution < -0.4 is 0 Å². The van der Waals surface area contributed by atoms with E-state index in [1.807, 2.05) is 6.20 Å². The summed E-state index contributed by atoms with van der Waals surface area (Å²) in [5.74, 6) is 0. The van der Waals surface area contributed by atoms with Crippen molar-refractivity contribution in [3.8, 4) is 22.4 Å². The molecule has 0 saturated heterocycles. The van der Waals surface area contributed by atoms with Gasteiger partial charge in [0.25, 0.3) is 0 Å². The molecule has 0 saturated carbocycles. The highest BCUT2D eigenvalue weighted by molar-refractivity contribution is 5.96. The summed E-state index contributed by atoms with van der Waals surface area (Å²) in [6.45, 7) is 0. The maximum atomic E-state index is 4.82. The fourth-order valence-electron chi connectivity index (χ4n) is 5.12. The summed E-state index contributed by atoms with van der Waals surface area (Å²) in [5.41, 5.74) is 11.2. The second-order valence-electron chi connectivity index (χ2n) is 8.24. The van der Waals surface area contributed by atoms with Crippen LogP contribution in [0, 0.1) is 0 Å². The van der Waals surface area contributed by atoms with Crippen LogP contribution in [0.4, 0.5) is 0 Å². The van der Waals surface area contributed by atoms with Crippen LogP contribution in [-0.2, 0) is 25.7 Å². The molecule has 0 unspecified atom stereocenters. The van der Waals surface area contributed by atoms with Gasteiger partial charge < -0.3 is 0 Å². The van der Waals surface area contributed by atoms with Crippen molar-refractivity contribution in [3.05, 3.63) is 89.1 Å². The Balaban J connectivity index is 1.51. The van der Waals surface area contributed by atoms with E-state index in [0.29, 0.717) is 0 Å². The van der Waals surface area contributed by atoms with Gasteiger partial charge in [-0.05, 0) is 95.5 Å². The van der Waals surface area contributed by atoms with Crippen molar-refractivity contribution in [2.24, 2.45) is 0 Å². The maximum absolute atomic E-state index is 4.82. The van der Waals surface area contributed by atoms with E-state index >= 15 is 0 Å². The number of aryl methyl sites for hydroxylation is 4. The largest absolute Gasteiger partial charge is 0.256 e. The molecule has 0 aliphatic heterocycles. The maximum Gasteiger partial charge on any atom is 0.0780 e. The van der Waals surface area contributed by atoms with Crippen LogP contribution in [0.2, 0.25) is 0 Å². The number of rotatable bonds is 1. The molecule has 1 aromatic heterocycles. The molecule has 0 amide bonds. The molecule has 0 fully saturated rings. The molecule has 1 heteroatoms. The van der Waals surface area contributed by atoms with Crippen molar-refractivity contribution < 1.29 is 0 Å². The molecule has 1 heterocycles. The first-order valence-electron chi connectivity index (χ1n) is 10.5. The van der Waals surface area contributed by atoms with Crippen LogP contribution >= 0.6 is 0 Å². The number of hydrogen-bond donors (Lipinski definition) is 0. The van der Waals surface area contributed by atoms with Gasteiger partial charge in [0.05, 0.1) is 5.69 Å². The molecule has 0 atom stereocenters. The number of aromatic nitrogens is 1. The Hall–Kier alpha value is -2.93. The fourth-order valence-corrected chi connectivity index (χ4v) is 5.12. The molecule has 2 aliphatic carbocycles. The van der Waals surface area contributed by atoms with Crippen molar-refractivity contribution in [1.82, 2.24) is 4.98 Å². The second-order valence-corrected chi connectivity index (χ2v) is 8.24. The summed E-state index contributed by atoms with van der Waals surface area (Å²) < 4.78 is 0. The van der Waals surface area contributed by atoms with Gasteiger partial charge in [0.2, 0.25) is 0 Å². The van der Waals surface area contributed by atoms with Crippen molar-refractivity contribution in [2.45, 2.75) is 38.5 Å². The SMILES string of the molecule is c1ccc2c(c1)CCc1cc(-c3nccc4cc5c(cc34)CCCC5)ccc1-2. The smallest absolute Gasteiger partial charge is 0.0780 e. The van der Waals surface area contributed by atoms with E-state index in [4.69, 9.17) is 4.98 Å². The first kappa shape index (κ1) is 16.1. The first-order valence-corrected chi connectivity index (χ1v) is 10.5. The molecule has 6 rings (SSSR count). The third-order valence-electron chi connectivity index (χ3n) is 6.58. The summed E-state index contributed by atoms with van der Waals surface area (Å²) in [6, 6.07) is 22.8. The number of hydrogen-bond acceptors (Lipinski definition) is 1. The lowest BCUT2D eigenvalue weighted by molar-refractivity contribution is 0.687. The van der Waals surface area contributed by atoms with E-state index in [9.17, 15) is 0 Å². The Morgan fingerprint density at radius 2 is 1.39 bits per heavy atom. The van der Waals surface area contributed by atoms with Crippen LogP contribution in [0.3, 0.4) is 0 Å². The Labute approximate surface area is 166 Å². The Morgan fingerprint density at radius 3 is 2.32 bits per heavy atom. The van der Waals surface area contributed by atoms with Gasteiger partial charge in [0.15, 0.2) is 0 Å². The Kier molecular flexibility index (Phi) is 3.62. The number of fused-ring (bicyclic) bond motifs is 5. The van der Waals surface area contributed by atoms with Gasteiger partial charge in [-0.3, -0.25) is 4.98 Å². The quantitative estimate of drug-likeness (QED) is 0.375. The van der Waals surface area contributed by atoms with Crippen molar-refractivity contribution in [1.29, 1.82) is 0 Å². The van der Waals surface area contributed by atoms with E-state index in [-0.39, 0.29) is 0 Å². The zero-order valence-corrected chi connectivity index (χ0v) is 16.0. The number of benzene rings is 3. The van der Waals surface area contributed by atoms with Gasteiger partial charge in [-0.2, -0.15) is 0 Å². The monoisotopic (exact) mass is 361 g/mol. The average Bonchev–Trinajstić information content (AvgIpc) is 2.76. The lowest BCUT2D eigenvalue weighted by atomic mass is 9.84. The normalized spacial score (nSPS) is 15.0. The predicted octanol–water partition coefficient (Wildman–Crippen LogP) is 6.55. The van der Waals surface area contributed by atoms with Gasteiger partial charge in [-0.25, -0.2) is 0 Å². The van der Waals surface area contributed by atoms with Gasteiger partial charge in [0, 0.05) is 17.1 Å². The van der Waals surface area contributed by atoms with E-state index in [0.717, 1.165) is 18.5 Å². The van der Waals surface area contributed by atoms with Crippen LogP contribution in [0.5, 0.6) is 0 Å². The molecular weight excluding hydrogens is 338 g/mol. The van der Waals surface area contributed by atoms with Crippen molar-refractivity contribution in [3.63, 3.8) is 0 Å². The fraction of sp³-hybridized carbons (Fsp3) is 0.222. The van der Waals surface area contributed by atoms with Crippen molar-refractivity contribution in [2.75, 3.05) is 0 Å². The van der Waals surface area contributed by atoms with Crippen molar-refractivity contribution >= 4 is 10.8 Å². The third kappa shape index (κ3) is 2.50. The summed E-state index contributed by atoms with van der Waals surface area (Å²) in [5, 5.41) is 2.63. The highest BCUT2D eigenvalue weighted by Crippen LogP contribution is 2.37. The summed E-state index contributed by atoms with van der Waals surface area (Å²) in [4.78, 5) is 4.82. The Bertz CT molecular complexity index is 1220. The second kappa shape index (κ2) is 6.31. The molecule has 28 heavy (non-hydrogen) atoms. The van der Waals surface area contributed by atoms with E-state index < -0.39 is 0 Å². The van der Waals surface area contributed by atoms with Crippen LogP contribution in [-0.4, -0.2) is 4.98 Å². The van der Waals surface area contributed by atoms with Crippen LogP contribution in [0.15, 0.2) is 66.9 Å². The van der Waals surface area contributed by atoms with Crippen LogP contribution in [0.25, 0.3) is 33.2 Å². The highest BCUT2D eigenvalue weighted by Gasteiger charge is 2.18. The molecule has 0 bridgehead atoms. The molecule has 0 radical (unpaired) electrons. The Morgan fingerprint density at radius 1 is 0.607 bits per heavy atom. The molecule has 3 aromatic carbocycles. The number of pyridine rings is 1. The molecule has 2 aliphatic rings. The molecule has 4 aromatic rings. The average molecular weight is 361 g/mol. The highest BCUT2D eigenvalue weighted by atomic mass is 14.7. The summed E-state index contributed by atoms with van der Waals surface area (Å²) >= 11 is 0. The topological polar surface area (TPSA) is 12.9 Å². The molecule has 136 valence electrons. The summed E-state index contributed by atoms with van der Waals surface area (Å²) in [7, 11) is 0. The van der Waals surface area contributed by atoms with E-state index in [1.54, 1.807) is 0 Å². The number of nitrogens with zero attached hydrogens (tertiary/aromatic N) is 1. The lowest BCUT2D eigenvalue weighted by Gasteiger charge is -2.21. The molecule has 0 spiro atoms. The van der Waals surface area contributed by atoms with Gasteiger partial charge in [-0.15, -0.1) is 0 Å².